The molecule has 1 fully saturated rings. The molecule has 0 spiro atoms. The fourth-order valence-corrected chi connectivity index (χ4v) is 3.57. The van der Waals surface area contributed by atoms with Crippen LogP contribution in [0.15, 0.2) is 54.9 Å². The van der Waals surface area contributed by atoms with Gasteiger partial charge >= 0.3 is 0 Å². The predicted molar refractivity (Wildman–Crippen MR) is 97.7 cm³/mol. The molecule has 3 heterocycles. The van der Waals surface area contributed by atoms with Crippen LogP contribution in [0.2, 0.25) is 0 Å². The Kier molecular flexibility index (Phi) is 4.58. The van der Waals surface area contributed by atoms with Crippen LogP contribution in [0.3, 0.4) is 0 Å². The first kappa shape index (κ1) is 15.4. The Morgan fingerprint density at radius 3 is 2.83 bits per heavy atom. The smallest absolute Gasteiger partial charge is 0.0543 e. The van der Waals surface area contributed by atoms with Gasteiger partial charge in [0.2, 0.25) is 0 Å². The largest absolute Gasteiger partial charge is 0.361 e. The van der Waals surface area contributed by atoms with Crippen molar-refractivity contribution in [3.8, 4) is 0 Å². The minimum absolute atomic E-state index is 0.610. The number of aromatic nitrogens is 2. The van der Waals surface area contributed by atoms with Crippen LogP contribution in [0.4, 0.5) is 0 Å². The van der Waals surface area contributed by atoms with Gasteiger partial charge in [-0.05, 0) is 42.7 Å². The lowest BCUT2D eigenvalue weighted by molar-refractivity contribution is 0.188. The zero-order valence-corrected chi connectivity index (χ0v) is 13.9. The van der Waals surface area contributed by atoms with E-state index in [-0.39, 0.29) is 0 Å². The number of likely N-dealkylation sites (tertiary alicyclic amines) is 1. The van der Waals surface area contributed by atoms with E-state index in [4.69, 9.17) is 0 Å². The molecule has 3 aromatic rings. The van der Waals surface area contributed by atoms with Crippen LogP contribution in [0.1, 0.15) is 24.1 Å². The van der Waals surface area contributed by atoms with Crippen LogP contribution < -0.4 is 5.32 Å². The lowest BCUT2D eigenvalue weighted by Crippen LogP contribution is -2.42. The highest BCUT2D eigenvalue weighted by atomic mass is 15.1. The molecule has 4 rings (SSSR count). The van der Waals surface area contributed by atoms with E-state index in [9.17, 15) is 0 Å². The van der Waals surface area contributed by atoms with Gasteiger partial charge in [-0.3, -0.25) is 9.88 Å². The summed E-state index contributed by atoms with van der Waals surface area (Å²) >= 11 is 0. The van der Waals surface area contributed by atoms with Crippen molar-refractivity contribution in [2.45, 2.75) is 32.0 Å². The van der Waals surface area contributed by atoms with Crippen molar-refractivity contribution in [1.29, 1.82) is 0 Å². The maximum absolute atomic E-state index is 4.43. The Morgan fingerprint density at radius 1 is 1.08 bits per heavy atom. The van der Waals surface area contributed by atoms with E-state index in [0.29, 0.717) is 6.04 Å². The van der Waals surface area contributed by atoms with Crippen molar-refractivity contribution in [3.05, 3.63) is 66.1 Å². The summed E-state index contributed by atoms with van der Waals surface area (Å²) in [4.78, 5) is 10.2. The molecular weight excluding hydrogens is 296 g/mol. The highest BCUT2D eigenvalue weighted by Crippen LogP contribution is 2.18. The third kappa shape index (κ3) is 3.50. The van der Waals surface area contributed by atoms with E-state index < -0.39 is 0 Å². The van der Waals surface area contributed by atoms with Gasteiger partial charge in [-0.2, -0.15) is 0 Å². The highest BCUT2D eigenvalue weighted by molar-refractivity contribution is 5.82. The second-order valence-corrected chi connectivity index (χ2v) is 6.61. The average Bonchev–Trinajstić information content (AvgIpc) is 3.11. The van der Waals surface area contributed by atoms with E-state index in [1.165, 1.54) is 35.0 Å². The van der Waals surface area contributed by atoms with Crippen LogP contribution in [-0.4, -0.2) is 34.0 Å². The quantitative estimate of drug-likeness (QED) is 0.758. The number of piperidine rings is 1. The molecule has 0 unspecified atom stereocenters. The molecule has 24 heavy (non-hydrogen) atoms. The maximum atomic E-state index is 4.43. The minimum Gasteiger partial charge on any atom is -0.361 e. The van der Waals surface area contributed by atoms with Gasteiger partial charge in [0.25, 0.3) is 0 Å². The fraction of sp³-hybridized carbons (Fsp3) is 0.350. The standard InChI is InChI=1S/C20H24N4/c1-2-10-21-18(5-1)15-24-12-8-17(9-13-24)23-14-16-4-3-6-20-19(16)7-11-22-20/h1-7,10-11,17,22-23H,8-9,12-15H2. The number of nitrogens with one attached hydrogen (secondary N) is 2. The third-order valence-corrected chi connectivity index (χ3v) is 4.97. The molecule has 0 radical (unpaired) electrons. The van der Waals surface area contributed by atoms with Crippen molar-refractivity contribution in [2.75, 3.05) is 13.1 Å². The molecule has 0 atom stereocenters. The van der Waals surface area contributed by atoms with E-state index in [2.05, 4.69) is 56.6 Å². The third-order valence-electron chi connectivity index (χ3n) is 4.97. The van der Waals surface area contributed by atoms with Gasteiger partial charge in [0, 0.05) is 55.5 Å². The first-order valence-electron chi connectivity index (χ1n) is 8.79. The van der Waals surface area contributed by atoms with E-state index in [0.717, 1.165) is 26.2 Å². The maximum Gasteiger partial charge on any atom is 0.0543 e. The Labute approximate surface area is 142 Å². The monoisotopic (exact) mass is 320 g/mol. The topological polar surface area (TPSA) is 44.0 Å². The summed E-state index contributed by atoms with van der Waals surface area (Å²) in [5, 5.41) is 5.08. The summed E-state index contributed by atoms with van der Waals surface area (Å²) in [6.45, 7) is 4.20. The zero-order valence-electron chi connectivity index (χ0n) is 13.9. The Morgan fingerprint density at radius 2 is 2.00 bits per heavy atom. The van der Waals surface area contributed by atoms with Gasteiger partial charge in [0.1, 0.15) is 0 Å². The zero-order chi connectivity index (χ0) is 16.2. The number of nitrogens with zero attached hydrogens (tertiary/aromatic N) is 2. The van der Waals surface area contributed by atoms with Gasteiger partial charge in [0.15, 0.2) is 0 Å². The second-order valence-electron chi connectivity index (χ2n) is 6.61. The summed E-state index contributed by atoms with van der Waals surface area (Å²) in [5.41, 5.74) is 3.77. The molecular formula is C20H24N4. The SMILES string of the molecule is c1ccc(CN2CCC(NCc3cccc4[nH]ccc34)CC2)nc1. The van der Waals surface area contributed by atoms with Gasteiger partial charge < -0.3 is 10.3 Å². The number of hydrogen-bond acceptors (Lipinski definition) is 3. The summed E-state index contributed by atoms with van der Waals surface area (Å²) in [6, 6.07) is 15.4. The number of H-pyrrole nitrogens is 1. The Balaban J connectivity index is 1.28. The molecule has 4 heteroatoms. The normalized spacial score (nSPS) is 16.7. The van der Waals surface area contributed by atoms with Gasteiger partial charge in [0.05, 0.1) is 5.69 Å². The molecule has 2 N–H and O–H groups in total. The molecule has 1 aliphatic rings. The van der Waals surface area contributed by atoms with Crippen molar-refractivity contribution in [3.63, 3.8) is 0 Å². The number of aromatic amines is 1. The molecule has 0 aliphatic carbocycles. The van der Waals surface area contributed by atoms with Gasteiger partial charge in [-0.1, -0.05) is 18.2 Å². The van der Waals surface area contributed by atoms with Crippen LogP contribution in [0.5, 0.6) is 0 Å². The highest BCUT2D eigenvalue weighted by Gasteiger charge is 2.19. The molecule has 0 bridgehead atoms. The Bertz CT molecular complexity index is 772. The molecule has 0 saturated carbocycles. The van der Waals surface area contributed by atoms with E-state index >= 15 is 0 Å². The van der Waals surface area contributed by atoms with Crippen LogP contribution in [-0.2, 0) is 13.1 Å². The summed E-state index contributed by atoms with van der Waals surface area (Å²) in [5.74, 6) is 0. The van der Waals surface area contributed by atoms with Crippen molar-refractivity contribution in [1.82, 2.24) is 20.2 Å². The van der Waals surface area contributed by atoms with Crippen LogP contribution in [0.25, 0.3) is 10.9 Å². The summed E-state index contributed by atoms with van der Waals surface area (Å²) in [7, 11) is 0. The van der Waals surface area contributed by atoms with Crippen molar-refractivity contribution < 1.29 is 0 Å². The first-order valence-corrected chi connectivity index (χ1v) is 8.79. The summed E-state index contributed by atoms with van der Waals surface area (Å²) in [6.07, 6.45) is 6.31. The Hall–Kier alpha value is -2.17. The molecule has 1 aliphatic heterocycles. The number of rotatable bonds is 5. The lowest BCUT2D eigenvalue weighted by atomic mass is 10.0. The number of hydrogen-bond donors (Lipinski definition) is 2. The summed E-state index contributed by atoms with van der Waals surface area (Å²) < 4.78 is 0. The molecule has 124 valence electrons. The average molecular weight is 320 g/mol. The first-order chi connectivity index (χ1) is 11.9. The van der Waals surface area contributed by atoms with Gasteiger partial charge in [-0.25, -0.2) is 0 Å². The molecule has 2 aromatic heterocycles. The van der Waals surface area contributed by atoms with Crippen molar-refractivity contribution in [2.24, 2.45) is 0 Å². The van der Waals surface area contributed by atoms with Gasteiger partial charge in [-0.15, -0.1) is 0 Å². The number of fused-ring (bicyclic) bond motifs is 1. The second kappa shape index (κ2) is 7.16. The van der Waals surface area contributed by atoms with E-state index in [1.807, 2.05) is 18.5 Å². The molecule has 0 amide bonds. The molecule has 4 nitrogen and oxygen atoms in total. The number of pyridine rings is 1. The predicted octanol–water partition coefficient (Wildman–Crippen LogP) is 3.32. The van der Waals surface area contributed by atoms with Crippen LogP contribution >= 0.6 is 0 Å². The molecule has 1 aromatic carbocycles. The number of benzene rings is 1. The fourth-order valence-electron chi connectivity index (χ4n) is 3.57. The van der Waals surface area contributed by atoms with E-state index in [1.54, 1.807) is 0 Å². The van der Waals surface area contributed by atoms with Crippen LogP contribution in [0, 0.1) is 0 Å². The minimum atomic E-state index is 0.610. The van der Waals surface area contributed by atoms with Crippen molar-refractivity contribution >= 4 is 10.9 Å². The lowest BCUT2D eigenvalue weighted by Gasteiger charge is -2.32. The molecule has 1 saturated heterocycles.